The van der Waals surface area contributed by atoms with Crippen LogP contribution in [0.3, 0.4) is 0 Å². The van der Waals surface area contributed by atoms with E-state index >= 15 is 0 Å². The van der Waals surface area contributed by atoms with Crippen LogP contribution >= 0.6 is 12.2 Å². The van der Waals surface area contributed by atoms with Crippen LogP contribution in [0.4, 0.5) is 5.82 Å². The summed E-state index contributed by atoms with van der Waals surface area (Å²) in [4.78, 5) is 13.4. The van der Waals surface area contributed by atoms with Crippen molar-refractivity contribution in [1.29, 1.82) is 0 Å². The fraction of sp³-hybridized carbons (Fsp3) is 0.333. The Balaban J connectivity index is 1.73. The van der Waals surface area contributed by atoms with Gasteiger partial charge in [0.2, 0.25) is 0 Å². The van der Waals surface area contributed by atoms with Gasteiger partial charge in [0.15, 0.2) is 16.5 Å². The number of pyridine rings is 1. The molecule has 3 aromatic heterocycles. The maximum atomic E-state index is 5.60. The van der Waals surface area contributed by atoms with Crippen molar-refractivity contribution >= 4 is 34.3 Å². The molecule has 0 unspecified atom stereocenters. The van der Waals surface area contributed by atoms with Gasteiger partial charge in [-0.15, -0.1) is 0 Å². The third-order valence-corrected chi connectivity index (χ3v) is 3.95. The van der Waals surface area contributed by atoms with Crippen LogP contribution in [-0.2, 0) is 0 Å². The van der Waals surface area contributed by atoms with Crippen molar-refractivity contribution in [1.82, 2.24) is 20.3 Å². The van der Waals surface area contributed by atoms with Gasteiger partial charge in [0.25, 0.3) is 0 Å². The Morgan fingerprint density at radius 1 is 1.16 bits per heavy atom. The highest BCUT2D eigenvalue weighted by molar-refractivity contribution is 7.80. The molecule has 0 atom stereocenters. The van der Waals surface area contributed by atoms with E-state index in [2.05, 4.69) is 32.5 Å². The summed E-state index contributed by atoms with van der Waals surface area (Å²) < 4.78 is 5.60. The van der Waals surface area contributed by atoms with Crippen molar-refractivity contribution < 1.29 is 4.42 Å². The van der Waals surface area contributed by atoms with Crippen LogP contribution in [0.5, 0.6) is 0 Å². The van der Waals surface area contributed by atoms with Crippen molar-refractivity contribution in [3.05, 3.63) is 36.2 Å². The van der Waals surface area contributed by atoms with Gasteiger partial charge in [-0.25, -0.2) is 9.97 Å². The van der Waals surface area contributed by atoms with Crippen molar-refractivity contribution in [2.24, 2.45) is 0 Å². The summed E-state index contributed by atoms with van der Waals surface area (Å²) in [6.07, 6.45) is 5.16. The number of unbranched alkanes of at least 4 members (excludes halogenated alkanes) is 2. The van der Waals surface area contributed by atoms with E-state index in [1.165, 1.54) is 12.8 Å². The molecule has 0 aliphatic rings. The Morgan fingerprint density at radius 2 is 2.04 bits per heavy atom. The maximum absolute atomic E-state index is 5.60. The van der Waals surface area contributed by atoms with Crippen molar-refractivity contribution in [2.45, 2.75) is 33.1 Å². The SMILES string of the molecule is CCCCCNC(=S)Nc1ccc2ncc(-c3ccc(C)o3)nc2n1. The number of hydrogen-bond donors (Lipinski definition) is 2. The van der Waals surface area contributed by atoms with Crippen molar-refractivity contribution in [3.63, 3.8) is 0 Å². The lowest BCUT2D eigenvalue weighted by molar-refractivity contribution is 0.546. The number of furan rings is 1. The lowest BCUT2D eigenvalue weighted by Crippen LogP contribution is -2.29. The number of hydrogen-bond acceptors (Lipinski definition) is 5. The summed E-state index contributed by atoms with van der Waals surface area (Å²) in [6, 6.07) is 7.49. The minimum atomic E-state index is 0.547. The molecule has 0 saturated carbocycles. The van der Waals surface area contributed by atoms with Gasteiger partial charge in [0.05, 0.1) is 6.20 Å². The van der Waals surface area contributed by atoms with Gasteiger partial charge >= 0.3 is 0 Å². The molecule has 0 amide bonds. The predicted molar refractivity (Wildman–Crippen MR) is 104 cm³/mol. The Hall–Kier alpha value is -2.54. The molecule has 0 fully saturated rings. The maximum Gasteiger partial charge on any atom is 0.180 e. The van der Waals surface area contributed by atoms with Gasteiger partial charge in [0.1, 0.15) is 22.8 Å². The number of aromatic nitrogens is 3. The second kappa shape index (κ2) is 8.02. The first-order valence-corrected chi connectivity index (χ1v) is 8.82. The quantitative estimate of drug-likeness (QED) is 0.510. The minimum absolute atomic E-state index is 0.547. The molecular formula is C18H21N5OS. The summed E-state index contributed by atoms with van der Waals surface area (Å²) in [5.41, 5.74) is 1.93. The lowest BCUT2D eigenvalue weighted by atomic mass is 10.2. The van der Waals surface area contributed by atoms with E-state index in [9.17, 15) is 0 Å². The van der Waals surface area contributed by atoms with Gasteiger partial charge in [-0.3, -0.25) is 4.98 Å². The van der Waals surface area contributed by atoms with E-state index in [0.717, 1.165) is 24.2 Å². The molecule has 3 heterocycles. The molecule has 3 aromatic rings. The first-order valence-electron chi connectivity index (χ1n) is 8.41. The standard InChI is InChI=1S/C18H21N5OS/c1-3-4-5-10-19-18(25)23-16-9-7-13-17(22-16)21-14(11-20-13)15-8-6-12(2)24-15/h6-9,11H,3-5,10H2,1-2H3,(H2,19,21,22,23,25). The second-order valence-corrected chi connectivity index (χ2v) is 6.20. The van der Waals surface area contributed by atoms with Gasteiger partial charge in [-0.05, 0) is 49.8 Å². The summed E-state index contributed by atoms with van der Waals surface area (Å²) in [7, 11) is 0. The molecule has 25 heavy (non-hydrogen) atoms. The van der Waals surface area contributed by atoms with Gasteiger partial charge in [0, 0.05) is 6.54 Å². The highest BCUT2D eigenvalue weighted by atomic mass is 32.1. The third kappa shape index (κ3) is 4.51. The summed E-state index contributed by atoms with van der Waals surface area (Å²) in [6.45, 7) is 4.93. The number of nitrogens with zero attached hydrogens (tertiary/aromatic N) is 3. The molecule has 0 aromatic carbocycles. The normalized spacial score (nSPS) is 10.8. The summed E-state index contributed by atoms with van der Waals surface area (Å²) >= 11 is 5.30. The second-order valence-electron chi connectivity index (χ2n) is 5.79. The fourth-order valence-electron chi connectivity index (χ4n) is 2.40. The van der Waals surface area contributed by atoms with E-state index in [-0.39, 0.29) is 0 Å². The Labute approximate surface area is 152 Å². The average Bonchev–Trinajstić information content (AvgIpc) is 3.04. The first kappa shape index (κ1) is 17.3. The zero-order valence-electron chi connectivity index (χ0n) is 14.4. The highest BCUT2D eigenvalue weighted by Crippen LogP contribution is 2.21. The molecule has 130 valence electrons. The van der Waals surface area contributed by atoms with E-state index in [1.54, 1.807) is 6.20 Å². The molecule has 0 bridgehead atoms. The molecule has 0 aliphatic carbocycles. The van der Waals surface area contributed by atoms with Gasteiger partial charge < -0.3 is 15.1 Å². The largest absolute Gasteiger partial charge is 0.460 e. The van der Waals surface area contributed by atoms with E-state index in [0.29, 0.717) is 28.0 Å². The van der Waals surface area contributed by atoms with Gasteiger partial charge in [-0.2, -0.15) is 0 Å². The Morgan fingerprint density at radius 3 is 2.80 bits per heavy atom. The van der Waals surface area contributed by atoms with Crippen LogP contribution in [0.1, 0.15) is 31.9 Å². The van der Waals surface area contributed by atoms with Crippen LogP contribution in [0.25, 0.3) is 22.6 Å². The number of anilines is 1. The molecule has 7 heteroatoms. The van der Waals surface area contributed by atoms with E-state index in [4.69, 9.17) is 16.6 Å². The van der Waals surface area contributed by atoms with Crippen LogP contribution in [0.15, 0.2) is 34.9 Å². The van der Waals surface area contributed by atoms with E-state index < -0.39 is 0 Å². The molecule has 6 nitrogen and oxygen atoms in total. The molecular weight excluding hydrogens is 334 g/mol. The summed E-state index contributed by atoms with van der Waals surface area (Å²) in [5, 5.41) is 6.84. The number of nitrogens with one attached hydrogen (secondary N) is 2. The first-order chi connectivity index (χ1) is 12.2. The minimum Gasteiger partial charge on any atom is -0.460 e. The zero-order chi connectivity index (χ0) is 17.6. The Bertz CT molecular complexity index is 877. The van der Waals surface area contributed by atoms with Gasteiger partial charge in [-0.1, -0.05) is 19.8 Å². The van der Waals surface area contributed by atoms with Crippen LogP contribution < -0.4 is 10.6 Å². The summed E-state index contributed by atoms with van der Waals surface area (Å²) in [5.74, 6) is 2.16. The number of rotatable bonds is 6. The molecule has 0 spiro atoms. The molecule has 0 radical (unpaired) electrons. The van der Waals surface area contributed by atoms with Crippen LogP contribution in [0.2, 0.25) is 0 Å². The van der Waals surface area contributed by atoms with E-state index in [1.807, 2.05) is 31.2 Å². The predicted octanol–water partition coefficient (Wildman–Crippen LogP) is 4.07. The van der Waals surface area contributed by atoms with Crippen molar-refractivity contribution in [3.8, 4) is 11.5 Å². The monoisotopic (exact) mass is 355 g/mol. The number of aryl methyl sites for hydroxylation is 1. The molecule has 2 N–H and O–H groups in total. The fourth-order valence-corrected chi connectivity index (χ4v) is 2.60. The third-order valence-electron chi connectivity index (χ3n) is 3.71. The number of fused-ring (bicyclic) bond motifs is 1. The topological polar surface area (TPSA) is 75.9 Å². The molecule has 0 aliphatic heterocycles. The van der Waals surface area contributed by atoms with Crippen LogP contribution in [0, 0.1) is 6.92 Å². The zero-order valence-corrected chi connectivity index (χ0v) is 15.2. The molecule has 3 rings (SSSR count). The number of thiocarbonyl (C=S) groups is 1. The highest BCUT2D eigenvalue weighted by Gasteiger charge is 2.08. The Kier molecular flexibility index (Phi) is 5.55. The lowest BCUT2D eigenvalue weighted by Gasteiger charge is -2.10. The van der Waals surface area contributed by atoms with Crippen molar-refractivity contribution in [2.75, 3.05) is 11.9 Å². The van der Waals surface area contributed by atoms with Crippen LogP contribution in [-0.4, -0.2) is 26.6 Å². The average molecular weight is 355 g/mol. The smallest absolute Gasteiger partial charge is 0.180 e. The molecule has 0 saturated heterocycles.